The van der Waals surface area contributed by atoms with E-state index in [1.807, 2.05) is 13.8 Å². The number of aromatic nitrogens is 1. The summed E-state index contributed by atoms with van der Waals surface area (Å²) in [7, 11) is 0. The quantitative estimate of drug-likeness (QED) is 0.388. The van der Waals surface area contributed by atoms with Gasteiger partial charge in [0.1, 0.15) is 11.4 Å². The van der Waals surface area contributed by atoms with E-state index in [0.29, 0.717) is 15.7 Å². The smallest absolute Gasteiger partial charge is 0.297 e. The topological polar surface area (TPSA) is 63.4 Å². The Hall–Kier alpha value is -3.03. The van der Waals surface area contributed by atoms with Crippen molar-refractivity contribution >= 4 is 44.9 Å². The Morgan fingerprint density at radius 3 is 2.61 bits per heavy atom. The Bertz CT molecular complexity index is 1440. The summed E-state index contributed by atoms with van der Waals surface area (Å²) in [5.41, 5.74) is 2.05. The maximum absolute atomic E-state index is 14.1. The number of aryl methyl sites for hydroxylation is 3. The van der Waals surface area contributed by atoms with Crippen molar-refractivity contribution in [3.8, 4) is 0 Å². The monoisotopic (exact) mass is 454 g/mol. The summed E-state index contributed by atoms with van der Waals surface area (Å²) in [6.07, 6.45) is 0. The number of halogens is 2. The molecule has 4 aromatic rings. The number of fused-ring (bicyclic) bond motifs is 2. The van der Waals surface area contributed by atoms with Crippen LogP contribution in [-0.2, 0) is 0 Å². The van der Waals surface area contributed by atoms with Gasteiger partial charge in [-0.3, -0.25) is 14.5 Å². The highest BCUT2D eigenvalue weighted by Crippen LogP contribution is 2.43. The number of hydrogen-bond donors (Lipinski definition) is 0. The molecule has 1 atom stereocenters. The SMILES string of the molecule is Cc1cc2oc3c(c(=O)c2cc1Cl)C(c1cccc(F)c1)N(c1nc(C)c(C)s1)C3=O. The lowest BCUT2D eigenvalue weighted by molar-refractivity contribution is 0.0971. The van der Waals surface area contributed by atoms with Gasteiger partial charge >= 0.3 is 0 Å². The zero-order valence-corrected chi connectivity index (χ0v) is 18.4. The number of benzene rings is 2. The third-order valence-electron chi connectivity index (χ3n) is 5.54. The van der Waals surface area contributed by atoms with Crippen LogP contribution in [0.5, 0.6) is 0 Å². The maximum atomic E-state index is 14.1. The molecule has 5 nitrogen and oxygen atoms in total. The molecule has 2 aromatic heterocycles. The van der Waals surface area contributed by atoms with Crippen molar-refractivity contribution in [1.29, 1.82) is 0 Å². The van der Waals surface area contributed by atoms with Gasteiger partial charge in [-0.1, -0.05) is 23.7 Å². The number of carbonyl (C=O) groups excluding carboxylic acids is 1. The number of hydrogen-bond acceptors (Lipinski definition) is 5. The first-order valence-corrected chi connectivity index (χ1v) is 10.8. The van der Waals surface area contributed by atoms with Crippen LogP contribution in [0.3, 0.4) is 0 Å². The molecule has 0 spiro atoms. The van der Waals surface area contributed by atoms with Crippen LogP contribution in [0.15, 0.2) is 45.6 Å². The first-order valence-electron chi connectivity index (χ1n) is 9.56. The Morgan fingerprint density at radius 1 is 1.16 bits per heavy atom. The zero-order valence-electron chi connectivity index (χ0n) is 16.8. The predicted octanol–water partition coefficient (Wildman–Crippen LogP) is 5.72. The van der Waals surface area contributed by atoms with Crippen LogP contribution in [0, 0.1) is 26.6 Å². The summed E-state index contributed by atoms with van der Waals surface area (Å²) in [5, 5.41) is 1.13. The normalized spacial score (nSPS) is 15.7. The van der Waals surface area contributed by atoms with Crippen LogP contribution in [0.1, 0.15) is 43.9 Å². The van der Waals surface area contributed by atoms with E-state index in [9.17, 15) is 14.0 Å². The van der Waals surface area contributed by atoms with Crippen molar-refractivity contribution in [2.24, 2.45) is 0 Å². The molecule has 0 radical (unpaired) electrons. The molecule has 1 amide bonds. The van der Waals surface area contributed by atoms with Gasteiger partial charge in [0.2, 0.25) is 5.76 Å². The fraction of sp³-hybridized carbons (Fsp3) is 0.174. The lowest BCUT2D eigenvalue weighted by Crippen LogP contribution is -2.29. The third-order valence-corrected chi connectivity index (χ3v) is 7.02. The molecule has 156 valence electrons. The predicted molar refractivity (Wildman–Crippen MR) is 119 cm³/mol. The molecule has 2 aromatic carbocycles. The standard InChI is InChI=1S/C23H16ClFN2O3S/c1-10-7-17-15(9-16(10)24)20(28)18-19(13-5-4-6-14(25)8-13)27(22(29)21(18)30-17)23-26-11(2)12(3)31-23/h4-9,19H,1-3H3. The molecule has 0 fully saturated rings. The number of nitrogens with zero attached hydrogens (tertiary/aromatic N) is 2. The number of anilines is 1. The van der Waals surface area contributed by atoms with Crippen LogP contribution in [-0.4, -0.2) is 10.9 Å². The van der Waals surface area contributed by atoms with E-state index >= 15 is 0 Å². The average molecular weight is 455 g/mol. The Morgan fingerprint density at radius 2 is 1.94 bits per heavy atom. The third kappa shape index (κ3) is 2.99. The molecule has 3 heterocycles. The van der Waals surface area contributed by atoms with Gasteiger partial charge in [0, 0.05) is 9.90 Å². The van der Waals surface area contributed by atoms with Gasteiger partial charge in [0.05, 0.1) is 22.7 Å². The highest BCUT2D eigenvalue weighted by atomic mass is 35.5. The fourth-order valence-corrected chi connectivity index (χ4v) is 4.94. The minimum Gasteiger partial charge on any atom is -0.450 e. The fourth-order valence-electron chi connectivity index (χ4n) is 3.84. The second kappa shape index (κ2) is 7.00. The van der Waals surface area contributed by atoms with Gasteiger partial charge < -0.3 is 4.42 Å². The maximum Gasteiger partial charge on any atom is 0.297 e. The van der Waals surface area contributed by atoms with Crippen molar-refractivity contribution in [3.05, 3.63) is 90.5 Å². The zero-order chi connectivity index (χ0) is 22.0. The minimum absolute atomic E-state index is 0.0565. The Kier molecular flexibility index (Phi) is 4.50. The molecule has 0 saturated heterocycles. The van der Waals surface area contributed by atoms with Crippen molar-refractivity contribution in [2.45, 2.75) is 26.8 Å². The summed E-state index contributed by atoms with van der Waals surface area (Å²) >= 11 is 7.58. The molecular formula is C23H16ClFN2O3S. The summed E-state index contributed by atoms with van der Waals surface area (Å²) < 4.78 is 20.0. The molecule has 1 unspecified atom stereocenters. The van der Waals surface area contributed by atoms with Crippen molar-refractivity contribution in [1.82, 2.24) is 4.98 Å². The van der Waals surface area contributed by atoms with Crippen LogP contribution < -0.4 is 10.3 Å². The molecule has 1 aliphatic rings. The van der Waals surface area contributed by atoms with Gasteiger partial charge in [0.25, 0.3) is 5.91 Å². The van der Waals surface area contributed by atoms with E-state index in [2.05, 4.69) is 4.98 Å². The number of carbonyl (C=O) groups is 1. The van der Waals surface area contributed by atoms with Crippen molar-refractivity contribution < 1.29 is 13.6 Å². The molecule has 31 heavy (non-hydrogen) atoms. The second-order valence-corrected chi connectivity index (χ2v) is 9.13. The van der Waals surface area contributed by atoms with Crippen LogP contribution >= 0.6 is 22.9 Å². The van der Waals surface area contributed by atoms with E-state index < -0.39 is 17.8 Å². The van der Waals surface area contributed by atoms with Crippen LogP contribution in [0.2, 0.25) is 5.02 Å². The first-order chi connectivity index (χ1) is 14.8. The number of rotatable bonds is 2. The summed E-state index contributed by atoms with van der Waals surface area (Å²) in [5.74, 6) is -1.00. The summed E-state index contributed by atoms with van der Waals surface area (Å²) in [6.45, 7) is 5.55. The van der Waals surface area contributed by atoms with E-state index in [1.54, 1.807) is 31.2 Å². The molecule has 0 saturated carbocycles. The number of thiazole rings is 1. The minimum atomic E-state index is -0.858. The lowest BCUT2D eigenvalue weighted by atomic mass is 9.98. The number of amides is 1. The van der Waals surface area contributed by atoms with Crippen LogP contribution in [0.25, 0.3) is 11.0 Å². The highest BCUT2D eigenvalue weighted by molar-refractivity contribution is 7.15. The Labute approximate surface area is 185 Å². The van der Waals surface area contributed by atoms with Gasteiger partial charge in [-0.05, 0) is 56.2 Å². The molecule has 1 aliphatic heterocycles. The Balaban J connectivity index is 1.84. The van der Waals surface area contributed by atoms with Crippen LogP contribution in [0.4, 0.5) is 9.52 Å². The largest absolute Gasteiger partial charge is 0.450 e. The molecule has 0 aliphatic carbocycles. The van der Waals surface area contributed by atoms with E-state index in [-0.39, 0.29) is 27.7 Å². The molecule has 0 N–H and O–H groups in total. The second-order valence-electron chi connectivity index (χ2n) is 7.54. The average Bonchev–Trinajstić information content (AvgIpc) is 3.20. The van der Waals surface area contributed by atoms with Gasteiger partial charge in [-0.25, -0.2) is 9.37 Å². The van der Waals surface area contributed by atoms with Crippen molar-refractivity contribution in [2.75, 3.05) is 4.90 Å². The molecular weight excluding hydrogens is 439 g/mol. The summed E-state index contributed by atoms with van der Waals surface area (Å²) in [4.78, 5) is 33.9. The summed E-state index contributed by atoms with van der Waals surface area (Å²) in [6, 6.07) is 8.20. The lowest BCUT2D eigenvalue weighted by Gasteiger charge is -2.22. The van der Waals surface area contributed by atoms with Gasteiger partial charge in [-0.2, -0.15) is 0 Å². The van der Waals surface area contributed by atoms with Gasteiger partial charge in [0.15, 0.2) is 10.6 Å². The van der Waals surface area contributed by atoms with E-state index in [4.69, 9.17) is 16.0 Å². The van der Waals surface area contributed by atoms with E-state index in [1.165, 1.54) is 28.4 Å². The molecule has 8 heteroatoms. The first kappa shape index (κ1) is 19.9. The van der Waals surface area contributed by atoms with Gasteiger partial charge in [-0.15, -0.1) is 11.3 Å². The highest BCUT2D eigenvalue weighted by Gasteiger charge is 2.45. The molecule has 5 rings (SSSR count). The van der Waals surface area contributed by atoms with E-state index in [0.717, 1.165) is 16.1 Å². The molecule has 0 bridgehead atoms. The van der Waals surface area contributed by atoms with Crippen molar-refractivity contribution in [3.63, 3.8) is 0 Å².